The van der Waals surface area contributed by atoms with E-state index in [9.17, 15) is 22.8 Å². The van der Waals surface area contributed by atoms with Gasteiger partial charge in [-0.3, -0.25) is 14.9 Å². The summed E-state index contributed by atoms with van der Waals surface area (Å²) in [6, 6.07) is 4.33. The highest BCUT2D eigenvalue weighted by atomic mass is 32.2. The fraction of sp³-hybridized carbons (Fsp3) is 0.357. The van der Waals surface area contributed by atoms with Crippen molar-refractivity contribution in [2.45, 2.75) is 24.3 Å². The van der Waals surface area contributed by atoms with Crippen LogP contribution in [0.2, 0.25) is 0 Å². The number of carbonyl (C=O) groups excluding carboxylic acids is 3. The van der Waals surface area contributed by atoms with Crippen molar-refractivity contribution < 1.29 is 22.8 Å². The molecule has 1 saturated heterocycles. The maximum absolute atomic E-state index is 12.5. The van der Waals surface area contributed by atoms with Crippen molar-refractivity contribution in [2.24, 2.45) is 10.2 Å². The van der Waals surface area contributed by atoms with E-state index < -0.39 is 45.2 Å². The zero-order valence-electron chi connectivity index (χ0n) is 13.1. The molecular formula is C14H15N5O5S. The van der Waals surface area contributed by atoms with E-state index in [1.165, 1.54) is 6.92 Å². The number of imide groups is 1. The third-order valence-corrected chi connectivity index (χ3v) is 5.82. The smallest absolute Gasteiger partial charge is 0.321 e. The minimum absolute atomic E-state index is 0.166. The summed E-state index contributed by atoms with van der Waals surface area (Å²) < 4.78 is 27.3. The number of azo groups is 1. The molecule has 4 amide bonds. The Bertz CT molecular complexity index is 881. The quantitative estimate of drug-likeness (QED) is 0.679. The number of rotatable bonds is 4. The zero-order chi connectivity index (χ0) is 18.2. The highest BCUT2D eigenvalue weighted by molar-refractivity contribution is 7.91. The van der Waals surface area contributed by atoms with Gasteiger partial charge in [0.1, 0.15) is 6.04 Å². The van der Waals surface area contributed by atoms with Crippen LogP contribution in [0.3, 0.4) is 0 Å². The van der Waals surface area contributed by atoms with Gasteiger partial charge in [-0.2, -0.15) is 5.11 Å². The number of nitrogens with one attached hydrogen (secondary N) is 3. The Morgan fingerprint density at radius 2 is 1.92 bits per heavy atom. The number of sulfonamides is 1. The lowest BCUT2D eigenvalue weighted by Gasteiger charge is -2.29. The number of carbonyl (C=O) groups is 3. The summed E-state index contributed by atoms with van der Waals surface area (Å²) in [7, 11) is -4.08. The molecule has 2 heterocycles. The van der Waals surface area contributed by atoms with Crippen molar-refractivity contribution in [1.82, 2.24) is 15.4 Å². The second-order valence-electron chi connectivity index (χ2n) is 5.69. The van der Waals surface area contributed by atoms with E-state index in [0.29, 0.717) is 11.1 Å². The summed E-state index contributed by atoms with van der Waals surface area (Å²) in [5, 5.41) is 10.2. The lowest BCUT2D eigenvalue weighted by Crippen LogP contribution is -2.64. The Morgan fingerprint density at radius 1 is 1.20 bits per heavy atom. The van der Waals surface area contributed by atoms with Crippen LogP contribution in [0.25, 0.3) is 0 Å². The van der Waals surface area contributed by atoms with E-state index in [0.717, 1.165) is 0 Å². The molecule has 0 radical (unpaired) electrons. The topological polar surface area (TPSA) is 146 Å². The molecule has 1 aromatic rings. The van der Waals surface area contributed by atoms with Gasteiger partial charge in [0.25, 0.3) is 5.91 Å². The average Bonchev–Trinajstić information content (AvgIpc) is 2.53. The van der Waals surface area contributed by atoms with Gasteiger partial charge in [0, 0.05) is 12.1 Å². The first-order valence-electron chi connectivity index (χ1n) is 7.43. The maximum atomic E-state index is 12.5. The molecule has 3 rings (SSSR count). The summed E-state index contributed by atoms with van der Waals surface area (Å²) in [4.78, 5) is 34.8. The molecular weight excluding hydrogens is 350 g/mol. The summed E-state index contributed by atoms with van der Waals surface area (Å²) in [6.07, 6.45) is 0. The minimum Gasteiger partial charge on any atom is -0.333 e. The Labute approximate surface area is 143 Å². The lowest BCUT2D eigenvalue weighted by atomic mass is 9.99. The first-order chi connectivity index (χ1) is 11.8. The molecule has 2 aliphatic heterocycles. The zero-order valence-corrected chi connectivity index (χ0v) is 13.9. The molecule has 2 aliphatic rings. The number of urea groups is 1. The van der Waals surface area contributed by atoms with Crippen LogP contribution in [-0.4, -0.2) is 44.1 Å². The van der Waals surface area contributed by atoms with E-state index in [-0.39, 0.29) is 6.54 Å². The van der Waals surface area contributed by atoms with Crippen LogP contribution < -0.4 is 15.4 Å². The van der Waals surface area contributed by atoms with Gasteiger partial charge in [0.2, 0.25) is 15.9 Å². The standard InChI is InChI=1S/C14H15N5O5S/c1-7-11(13(21)17-14(22)16-7)25(23,24)15-6-10-8-4-2-3-5-9(8)12(20)19-18-10/h2-5,7,10-11,15H,6H2,1H3,(H2,16,17,21,22). The van der Waals surface area contributed by atoms with Crippen molar-refractivity contribution >= 4 is 27.9 Å². The van der Waals surface area contributed by atoms with Gasteiger partial charge in [0.15, 0.2) is 5.25 Å². The third kappa shape index (κ3) is 3.28. The molecule has 0 aliphatic carbocycles. The number of amides is 4. The van der Waals surface area contributed by atoms with Crippen molar-refractivity contribution in [2.75, 3.05) is 6.54 Å². The van der Waals surface area contributed by atoms with Gasteiger partial charge < -0.3 is 5.32 Å². The second-order valence-corrected chi connectivity index (χ2v) is 7.58. The second kappa shape index (κ2) is 6.33. The van der Waals surface area contributed by atoms with Gasteiger partial charge in [-0.15, -0.1) is 5.11 Å². The molecule has 1 aromatic carbocycles. The van der Waals surface area contributed by atoms with Gasteiger partial charge >= 0.3 is 6.03 Å². The van der Waals surface area contributed by atoms with Crippen LogP contribution in [0.15, 0.2) is 34.5 Å². The summed E-state index contributed by atoms with van der Waals surface area (Å²) in [5.41, 5.74) is 0.914. The minimum atomic E-state index is -4.08. The largest absolute Gasteiger partial charge is 0.333 e. The Hall–Kier alpha value is -2.66. The molecule has 11 heteroatoms. The van der Waals surface area contributed by atoms with Gasteiger partial charge in [-0.25, -0.2) is 17.9 Å². The Balaban J connectivity index is 1.77. The Morgan fingerprint density at radius 3 is 2.64 bits per heavy atom. The number of fused-ring (bicyclic) bond motifs is 1. The highest BCUT2D eigenvalue weighted by Gasteiger charge is 2.42. The maximum Gasteiger partial charge on any atom is 0.321 e. The molecule has 25 heavy (non-hydrogen) atoms. The van der Waals surface area contributed by atoms with Gasteiger partial charge in [0.05, 0.1) is 6.04 Å². The van der Waals surface area contributed by atoms with Crippen molar-refractivity contribution in [3.05, 3.63) is 35.4 Å². The predicted octanol–water partition coefficient (Wildman–Crippen LogP) is -0.150. The SMILES string of the molecule is CC1NC(=O)NC(=O)C1S(=O)(=O)NCC1N=NC(=O)c2ccccc21. The first kappa shape index (κ1) is 17.2. The van der Waals surface area contributed by atoms with E-state index in [1.54, 1.807) is 24.3 Å². The van der Waals surface area contributed by atoms with Crippen LogP contribution in [0.1, 0.15) is 28.9 Å². The van der Waals surface area contributed by atoms with Gasteiger partial charge in [-0.05, 0) is 18.6 Å². The predicted molar refractivity (Wildman–Crippen MR) is 85.2 cm³/mol. The molecule has 3 unspecified atom stereocenters. The van der Waals surface area contributed by atoms with Crippen LogP contribution in [0.4, 0.5) is 4.79 Å². The van der Waals surface area contributed by atoms with E-state index in [2.05, 4.69) is 20.3 Å². The molecule has 0 spiro atoms. The molecule has 10 nitrogen and oxygen atoms in total. The summed E-state index contributed by atoms with van der Waals surface area (Å²) in [6.45, 7) is 1.26. The molecule has 0 aromatic heterocycles. The van der Waals surface area contributed by atoms with E-state index in [1.807, 2.05) is 5.32 Å². The molecule has 0 bridgehead atoms. The molecule has 3 atom stereocenters. The number of hydrogen-bond donors (Lipinski definition) is 3. The van der Waals surface area contributed by atoms with E-state index >= 15 is 0 Å². The van der Waals surface area contributed by atoms with Crippen molar-refractivity contribution in [3.63, 3.8) is 0 Å². The van der Waals surface area contributed by atoms with E-state index in [4.69, 9.17) is 0 Å². The van der Waals surface area contributed by atoms with Crippen molar-refractivity contribution in [1.29, 1.82) is 0 Å². The van der Waals surface area contributed by atoms with Crippen LogP contribution in [0.5, 0.6) is 0 Å². The summed E-state index contributed by atoms with van der Waals surface area (Å²) in [5.74, 6) is -1.39. The monoisotopic (exact) mass is 365 g/mol. The highest BCUT2D eigenvalue weighted by Crippen LogP contribution is 2.27. The number of hydrogen-bond acceptors (Lipinski definition) is 6. The first-order valence-corrected chi connectivity index (χ1v) is 8.98. The fourth-order valence-corrected chi connectivity index (χ4v) is 4.31. The Kier molecular flexibility index (Phi) is 4.35. The number of nitrogens with zero attached hydrogens (tertiary/aromatic N) is 2. The average molecular weight is 365 g/mol. The summed E-state index contributed by atoms with van der Waals surface area (Å²) >= 11 is 0. The molecule has 0 saturated carbocycles. The lowest BCUT2D eigenvalue weighted by molar-refractivity contribution is -0.120. The third-order valence-electron chi connectivity index (χ3n) is 3.96. The normalized spacial score (nSPS) is 26.0. The molecule has 3 N–H and O–H groups in total. The number of benzene rings is 1. The van der Waals surface area contributed by atoms with Crippen LogP contribution in [-0.2, 0) is 14.8 Å². The van der Waals surface area contributed by atoms with Gasteiger partial charge in [-0.1, -0.05) is 18.2 Å². The molecule has 132 valence electrons. The van der Waals surface area contributed by atoms with Crippen molar-refractivity contribution in [3.8, 4) is 0 Å². The van der Waals surface area contributed by atoms with Crippen LogP contribution in [0, 0.1) is 0 Å². The van der Waals surface area contributed by atoms with Crippen LogP contribution >= 0.6 is 0 Å². The fourth-order valence-electron chi connectivity index (χ4n) is 2.79. The molecule has 1 fully saturated rings.